The summed E-state index contributed by atoms with van der Waals surface area (Å²) in [4.78, 5) is 59.4. The molecule has 0 aromatic rings. The minimum absolute atomic E-state index is 0.00174. The third-order valence-electron chi connectivity index (χ3n) is 9.84. The summed E-state index contributed by atoms with van der Waals surface area (Å²) < 4.78 is 31.3. The van der Waals surface area contributed by atoms with Crippen molar-refractivity contribution in [1.29, 1.82) is 0 Å². The number of ether oxygens (including phenoxy) is 5. The second-order valence-electron chi connectivity index (χ2n) is 18.8. The van der Waals surface area contributed by atoms with E-state index in [0.29, 0.717) is 33.8 Å². The van der Waals surface area contributed by atoms with Crippen LogP contribution in [0.15, 0.2) is 24.3 Å². The number of nitrogens with one attached hydrogen (secondary N) is 4. The van der Waals surface area contributed by atoms with Crippen LogP contribution < -0.4 is 21.3 Å². The lowest BCUT2D eigenvalue weighted by atomic mass is 9.62. The number of hydrogen-bond donors (Lipinski definition) is 5. The molecular weight excluding hydrogens is 783 g/mol. The first kappa shape index (κ1) is 53.6. The van der Waals surface area contributed by atoms with E-state index in [2.05, 4.69) is 69.0 Å². The SMILES string of the molecule is C=C(C)C(=O)OCCOC(=O)NC1CC(C)(C)CC(C)(NC(=O)OC(C)(C)CC(C)OPC)C1.C=C(C)C(=O)OCCOC(=O)NCC1(C)CC(NCO)CC(C)(C)C1. The maximum absolute atomic E-state index is 12.8. The largest absolute Gasteiger partial charge is 0.459 e. The summed E-state index contributed by atoms with van der Waals surface area (Å²) in [5.74, 6) is -1.02. The van der Waals surface area contributed by atoms with E-state index in [-0.39, 0.29) is 73.2 Å². The number of hydrogen-bond acceptors (Lipinski definition) is 13. The number of esters is 2. The smallest absolute Gasteiger partial charge is 0.408 e. The Labute approximate surface area is 354 Å². The highest BCUT2D eigenvalue weighted by molar-refractivity contribution is 7.31. The van der Waals surface area contributed by atoms with Gasteiger partial charge in [0.15, 0.2) is 0 Å². The molecule has 2 aliphatic carbocycles. The van der Waals surface area contributed by atoms with Gasteiger partial charge in [0.1, 0.15) is 32.0 Å². The summed E-state index contributed by atoms with van der Waals surface area (Å²) in [6, 6.07) is 0.0182. The molecule has 3 amide bonds. The number of carbonyl (C=O) groups is 5. The molecule has 16 nitrogen and oxygen atoms in total. The highest BCUT2D eigenvalue weighted by atomic mass is 31.1. The van der Waals surface area contributed by atoms with Crippen LogP contribution in [0.4, 0.5) is 14.4 Å². The van der Waals surface area contributed by atoms with Crippen molar-refractivity contribution < 1.29 is 57.3 Å². The molecule has 340 valence electrons. The van der Waals surface area contributed by atoms with Crippen LogP contribution in [0.3, 0.4) is 0 Å². The Morgan fingerprint density at radius 1 is 0.763 bits per heavy atom. The Bertz CT molecular complexity index is 1440. The van der Waals surface area contributed by atoms with Crippen LogP contribution in [-0.4, -0.2) is 111 Å². The normalized spacial score (nSPS) is 23.9. The molecule has 2 aliphatic rings. The van der Waals surface area contributed by atoms with Gasteiger partial charge in [0, 0.05) is 50.5 Å². The first-order valence-electron chi connectivity index (χ1n) is 20.3. The maximum Gasteiger partial charge on any atom is 0.408 e. The summed E-state index contributed by atoms with van der Waals surface area (Å²) in [6.07, 6.45) is 3.79. The van der Waals surface area contributed by atoms with Crippen molar-refractivity contribution in [2.75, 3.05) is 46.4 Å². The molecule has 0 aromatic carbocycles. The van der Waals surface area contributed by atoms with Crippen molar-refractivity contribution in [2.24, 2.45) is 16.2 Å². The van der Waals surface area contributed by atoms with E-state index >= 15 is 0 Å². The molecular formula is C42H75N4O12P. The third kappa shape index (κ3) is 22.6. The van der Waals surface area contributed by atoms with Crippen molar-refractivity contribution in [3.05, 3.63) is 24.3 Å². The maximum atomic E-state index is 12.8. The molecule has 0 spiro atoms. The minimum atomic E-state index is -0.682. The summed E-state index contributed by atoms with van der Waals surface area (Å²) in [5, 5.41) is 20.9. The number of rotatable bonds is 19. The fourth-order valence-electron chi connectivity index (χ4n) is 8.55. The van der Waals surface area contributed by atoms with Crippen molar-refractivity contribution in [2.45, 2.75) is 150 Å². The topological polar surface area (TPSA) is 209 Å². The Kier molecular flexibility index (Phi) is 21.9. The Morgan fingerprint density at radius 2 is 1.27 bits per heavy atom. The van der Waals surface area contributed by atoms with Crippen LogP contribution in [0.2, 0.25) is 0 Å². The zero-order valence-corrected chi connectivity index (χ0v) is 38.8. The predicted octanol–water partition coefficient (Wildman–Crippen LogP) is 6.65. The highest BCUT2D eigenvalue weighted by Gasteiger charge is 2.44. The van der Waals surface area contributed by atoms with Crippen LogP contribution in [0.1, 0.15) is 121 Å². The lowest BCUT2D eigenvalue weighted by Crippen LogP contribution is -2.58. The van der Waals surface area contributed by atoms with Gasteiger partial charge in [-0.15, -0.1) is 0 Å². The quantitative estimate of drug-likeness (QED) is 0.0231. The molecule has 0 saturated heterocycles. The number of aliphatic hydroxyl groups excluding tert-OH is 1. The van der Waals surface area contributed by atoms with Gasteiger partial charge in [0.05, 0.1) is 12.8 Å². The van der Waals surface area contributed by atoms with Crippen molar-refractivity contribution in [3.8, 4) is 0 Å². The lowest BCUT2D eigenvalue weighted by molar-refractivity contribution is -0.140. The van der Waals surface area contributed by atoms with Crippen molar-refractivity contribution in [3.63, 3.8) is 0 Å². The van der Waals surface area contributed by atoms with Gasteiger partial charge in [-0.2, -0.15) is 0 Å². The average molecular weight is 859 g/mol. The molecule has 0 aliphatic heterocycles. The van der Waals surface area contributed by atoms with Gasteiger partial charge in [0.2, 0.25) is 0 Å². The summed E-state index contributed by atoms with van der Waals surface area (Å²) in [6.45, 7) is 30.8. The fourth-order valence-corrected chi connectivity index (χ4v) is 9.04. The van der Waals surface area contributed by atoms with E-state index in [4.69, 9.17) is 33.3 Å². The molecule has 59 heavy (non-hydrogen) atoms. The summed E-state index contributed by atoms with van der Waals surface area (Å²) >= 11 is 0. The molecule has 0 heterocycles. The fraction of sp³-hybridized carbons (Fsp3) is 0.786. The molecule has 0 radical (unpaired) electrons. The van der Waals surface area contributed by atoms with Gasteiger partial charge >= 0.3 is 30.2 Å². The second kappa shape index (κ2) is 24.1. The Morgan fingerprint density at radius 3 is 1.80 bits per heavy atom. The van der Waals surface area contributed by atoms with E-state index in [1.807, 2.05) is 34.4 Å². The van der Waals surface area contributed by atoms with Crippen LogP contribution in [0.5, 0.6) is 0 Å². The number of carbonyl (C=O) groups excluding carboxylic acids is 5. The molecule has 6 atom stereocenters. The van der Waals surface area contributed by atoms with Crippen molar-refractivity contribution >= 4 is 39.0 Å². The lowest BCUT2D eigenvalue weighted by Gasteiger charge is -2.47. The van der Waals surface area contributed by atoms with E-state index in [1.54, 1.807) is 13.8 Å². The van der Waals surface area contributed by atoms with E-state index in [1.165, 1.54) is 0 Å². The van der Waals surface area contributed by atoms with Gasteiger partial charge in [-0.05, 0) is 103 Å². The van der Waals surface area contributed by atoms with E-state index in [9.17, 15) is 24.0 Å². The third-order valence-corrected chi connectivity index (χ3v) is 10.5. The first-order valence-corrected chi connectivity index (χ1v) is 21.7. The van der Waals surface area contributed by atoms with Gasteiger partial charge in [-0.1, -0.05) is 47.8 Å². The van der Waals surface area contributed by atoms with E-state index < -0.39 is 41.4 Å². The predicted molar refractivity (Wildman–Crippen MR) is 228 cm³/mol. The van der Waals surface area contributed by atoms with Gasteiger partial charge in [-0.25, -0.2) is 24.0 Å². The molecule has 17 heteroatoms. The Balaban J connectivity index is 0.000000618. The number of amides is 3. The standard InChI is InChI=1S/C24H43N2O7P.C18H32N2O5/c1-16(2)19(27)30-10-11-31-20(28)25-18-13-22(4,5)15-24(8,14-18)26-21(29)32-23(6,7)12-17(3)33-34-9;1-13(2)15(22)24-6-7-25-16(23)19-11-18(5)9-14(20-12-21)8-17(3,4)10-18/h17-18,34H,1,10-15H2,2-9H3,(H,25,28)(H,26,29);14,20-21H,1,6-12H2,2-5H3,(H,19,23). The number of aliphatic hydroxyl groups is 1. The molecule has 2 rings (SSSR count). The van der Waals surface area contributed by atoms with Crippen LogP contribution >= 0.6 is 8.81 Å². The zero-order valence-electron chi connectivity index (χ0n) is 37.8. The molecule has 5 N–H and O–H groups in total. The molecule has 0 bridgehead atoms. The second-order valence-corrected chi connectivity index (χ2v) is 19.5. The summed E-state index contributed by atoms with van der Waals surface area (Å²) in [7, 11) is 0.378. The molecule has 2 fully saturated rings. The molecule has 2 saturated carbocycles. The van der Waals surface area contributed by atoms with Crippen LogP contribution in [-0.2, 0) is 37.8 Å². The van der Waals surface area contributed by atoms with Gasteiger partial charge in [0.25, 0.3) is 0 Å². The zero-order chi connectivity index (χ0) is 45.2. The van der Waals surface area contributed by atoms with Gasteiger partial charge < -0.3 is 49.3 Å². The van der Waals surface area contributed by atoms with Gasteiger partial charge in [-0.3, -0.25) is 5.32 Å². The summed E-state index contributed by atoms with van der Waals surface area (Å²) in [5.41, 5.74) is -0.748. The molecule has 6 unspecified atom stereocenters. The molecule has 0 aromatic heterocycles. The average Bonchev–Trinajstić information content (AvgIpc) is 3.05. The Hall–Kier alpha value is -3.46. The monoisotopic (exact) mass is 859 g/mol. The minimum Gasteiger partial charge on any atom is -0.459 e. The van der Waals surface area contributed by atoms with Crippen LogP contribution in [0, 0.1) is 16.2 Å². The van der Waals surface area contributed by atoms with E-state index in [0.717, 1.165) is 32.1 Å². The number of alkyl carbamates (subject to hydrolysis) is 3. The van der Waals surface area contributed by atoms with Crippen molar-refractivity contribution in [1.82, 2.24) is 21.3 Å². The first-order chi connectivity index (χ1) is 27.1. The highest BCUT2D eigenvalue weighted by Crippen LogP contribution is 2.46. The van der Waals surface area contributed by atoms with Crippen LogP contribution in [0.25, 0.3) is 0 Å².